The van der Waals surface area contributed by atoms with Crippen LogP contribution in [0.3, 0.4) is 0 Å². The smallest absolute Gasteiger partial charge is 0.410 e. The van der Waals surface area contributed by atoms with Gasteiger partial charge in [-0.2, -0.15) is 0 Å². The van der Waals surface area contributed by atoms with Gasteiger partial charge in [-0.05, 0) is 57.7 Å². The van der Waals surface area contributed by atoms with Crippen LogP contribution in [-0.2, 0) is 9.47 Å². The molecule has 7 nitrogen and oxygen atoms in total. The van der Waals surface area contributed by atoms with Gasteiger partial charge in [0.25, 0.3) is 0 Å². The maximum absolute atomic E-state index is 12.6. The van der Waals surface area contributed by atoms with E-state index in [1.54, 1.807) is 18.2 Å². The number of piperidine rings is 1. The number of esters is 1. The second-order valence-electron chi connectivity index (χ2n) is 8.01. The monoisotopic (exact) mass is 361 g/mol. The molecular formula is C19H27N3O4. The predicted molar refractivity (Wildman–Crippen MR) is 99.1 cm³/mol. The van der Waals surface area contributed by atoms with Crippen LogP contribution < -0.4 is 11.1 Å². The Morgan fingerprint density at radius 1 is 1.31 bits per heavy atom. The number of amides is 1. The molecule has 1 aromatic rings. The zero-order valence-corrected chi connectivity index (χ0v) is 15.7. The summed E-state index contributed by atoms with van der Waals surface area (Å²) in [4.78, 5) is 26.1. The fourth-order valence-electron chi connectivity index (χ4n) is 3.52. The number of nitrogens with two attached hydrogens (primary N) is 1. The summed E-state index contributed by atoms with van der Waals surface area (Å²) in [7, 11) is 1.34. The van der Waals surface area contributed by atoms with E-state index < -0.39 is 11.6 Å². The number of anilines is 2. The summed E-state index contributed by atoms with van der Waals surface area (Å²) in [6.07, 6.45) is 1.74. The van der Waals surface area contributed by atoms with Gasteiger partial charge in [0, 0.05) is 12.6 Å². The summed E-state index contributed by atoms with van der Waals surface area (Å²) in [5.74, 6) is 0.151. The number of carbonyl (C=O) groups excluding carboxylic acids is 2. The molecule has 0 unspecified atom stereocenters. The van der Waals surface area contributed by atoms with E-state index in [4.69, 9.17) is 15.2 Å². The summed E-state index contributed by atoms with van der Waals surface area (Å²) in [5, 5.41) is 3.28. The van der Waals surface area contributed by atoms with Crippen molar-refractivity contribution in [3.8, 4) is 0 Å². The highest BCUT2D eigenvalue weighted by molar-refractivity contribution is 5.92. The standard InChI is InChI=1S/C19H27N3O4/c1-19(2,3)26-18(24)22-13(7-12-9-16(12)22)10-21-15-8-11(17(23)25-4)5-6-14(15)20/h5-6,8,12-13,16,21H,7,9-10,20H2,1-4H3/t12-,13+,16+/m0/s1. The number of nitrogen functional groups attached to an aromatic ring is 1. The maximum Gasteiger partial charge on any atom is 0.410 e. The molecule has 142 valence electrons. The molecule has 3 N–H and O–H groups in total. The van der Waals surface area contributed by atoms with E-state index in [1.165, 1.54) is 7.11 Å². The Hall–Kier alpha value is -2.44. The number of nitrogens with one attached hydrogen (secondary N) is 1. The second kappa shape index (κ2) is 6.70. The molecule has 1 amide bonds. The average molecular weight is 361 g/mol. The molecule has 2 fully saturated rings. The van der Waals surface area contributed by atoms with Crippen molar-refractivity contribution in [2.75, 3.05) is 24.7 Å². The zero-order chi connectivity index (χ0) is 19.1. The van der Waals surface area contributed by atoms with Crippen LogP contribution in [0.15, 0.2) is 18.2 Å². The minimum Gasteiger partial charge on any atom is -0.465 e. The Bertz CT molecular complexity index is 713. The number of hydrogen-bond donors (Lipinski definition) is 2. The number of nitrogens with zero attached hydrogens (tertiary/aromatic N) is 1. The molecule has 0 bridgehead atoms. The molecule has 0 radical (unpaired) electrons. The van der Waals surface area contributed by atoms with Crippen LogP contribution in [0, 0.1) is 5.92 Å². The molecule has 26 heavy (non-hydrogen) atoms. The van der Waals surface area contributed by atoms with Gasteiger partial charge in [-0.25, -0.2) is 9.59 Å². The molecule has 3 rings (SSSR count). The van der Waals surface area contributed by atoms with Crippen molar-refractivity contribution in [3.63, 3.8) is 0 Å². The zero-order valence-electron chi connectivity index (χ0n) is 15.7. The lowest BCUT2D eigenvalue weighted by molar-refractivity contribution is 0.0194. The first-order chi connectivity index (χ1) is 12.2. The highest BCUT2D eigenvalue weighted by Gasteiger charge is 2.54. The molecular weight excluding hydrogens is 334 g/mol. The van der Waals surface area contributed by atoms with E-state index in [2.05, 4.69) is 5.32 Å². The van der Waals surface area contributed by atoms with Gasteiger partial charge >= 0.3 is 12.1 Å². The summed E-state index contributed by atoms with van der Waals surface area (Å²) >= 11 is 0. The van der Waals surface area contributed by atoms with Gasteiger partial charge in [0.15, 0.2) is 0 Å². The summed E-state index contributed by atoms with van der Waals surface area (Å²) in [5.41, 5.74) is 7.14. The third-order valence-electron chi connectivity index (χ3n) is 4.82. The Labute approximate surface area is 153 Å². The van der Waals surface area contributed by atoms with Crippen molar-refractivity contribution in [1.82, 2.24) is 4.90 Å². The number of rotatable bonds is 4. The van der Waals surface area contributed by atoms with E-state index in [0.717, 1.165) is 12.8 Å². The number of likely N-dealkylation sites (tertiary alicyclic amines) is 1. The van der Waals surface area contributed by atoms with Crippen LogP contribution in [0.5, 0.6) is 0 Å². The fraction of sp³-hybridized carbons (Fsp3) is 0.579. The van der Waals surface area contributed by atoms with Gasteiger partial charge in [0.05, 0.1) is 30.1 Å². The van der Waals surface area contributed by atoms with E-state index >= 15 is 0 Å². The van der Waals surface area contributed by atoms with Crippen molar-refractivity contribution in [1.29, 1.82) is 0 Å². The van der Waals surface area contributed by atoms with Gasteiger partial charge in [0.2, 0.25) is 0 Å². The van der Waals surface area contributed by atoms with E-state index in [1.807, 2.05) is 25.7 Å². The van der Waals surface area contributed by atoms with Crippen molar-refractivity contribution in [2.45, 2.75) is 51.3 Å². The SMILES string of the molecule is COC(=O)c1ccc(N)c(NC[C@H]2C[C@H]3C[C@H]3N2C(=O)OC(C)(C)C)c1. The molecule has 7 heteroatoms. The minimum absolute atomic E-state index is 0.0507. The molecule has 0 aromatic heterocycles. The number of carbonyl (C=O) groups is 2. The molecule has 1 saturated heterocycles. The second-order valence-corrected chi connectivity index (χ2v) is 8.01. The van der Waals surface area contributed by atoms with E-state index in [0.29, 0.717) is 29.4 Å². The first kappa shape index (κ1) is 18.4. The first-order valence-electron chi connectivity index (χ1n) is 8.92. The fourth-order valence-corrected chi connectivity index (χ4v) is 3.52. The van der Waals surface area contributed by atoms with Gasteiger partial charge in [0.1, 0.15) is 5.60 Å². The van der Waals surface area contributed by atoms with Crippen molar-refractivity contribution >= 4 is 23.4 Å². The first-order valence-corrected chi connectivity index (χ1v) is 8.92. The topological polar surface area (TPSA) is 93.9 Å². The van der Waals surface area contributed by atoms with Crippen molar-refractivity contribution in [3.05, 3.63) is 23.8 Å². The normalized spacial score (nSPS) is 24.0. The Balaban J connectivity index is 1.67. The van der Waals surface area contributed by atoms with E-state index in [-0.39, 0.29) is 18.2 Å². The number of ether oxygens (including phenoxy) is 2. The highest BCUT2D eigenvalue weighted by Crippen LogP contribution is 2.48. The third-order valence-corrected chi connectivity index (χ3v) is 4.82. The van der Waals surface area contributed by atoms with Gasteiger partial charge in [-0.15, -0.1) is 0 Å². The summed E-state index contributed by atoms with van der Waals surface area (Å²) in [6.45, 7) is 6.17. The van der Waals surface area contributed by atoms with Crippen molar-refractivity contribution in [2.24, 2.45) is 5.92 Å². The largest absolute Gasteiger partial charge is 0.465 e. The molecule has 3 atom stereocenters. The van der Waals surface area contributed by atoms with Gasteiger partial charge < -0.3 is 25.4 Å². The maximum atomic E-state index is 12.6. The quantitative estimate of drug-likeness (QED) is 0.633. The summed E-state index contributed by atoms with van der Waals surface area (Å²) in [6, 6.07) is 5.32. The molecule has 0 spiro atoms. The van der Waals surface area contributed by atoms with Crippen LogP contribution in [0.25, 0.3) is 0 Å². The molecule has 1 aliphatic carbocycles. The third kappa shape index (κ3) is 3.86. The lowest BCUT2D eigenvalue weighted by Gasteiger charge is -2.31. The van der Waals surface area contributed by atoms with Crippen LogP contribution in [0.2, 0.25) is 0 Å². The number of hydrogen-bond acceptors (Lipinski definition) is 6. The number of benzene rings is 1. The van der Waals surface area contributed by atoms with E-state index in [9.17, 15) is 9.59 Å². The molecule has 2 aliphatic rings. The molecule has 1 aliphatic heterocycles. The van der Waals surface area contributed by atoms with Crippen LogP contribution in [0.4, 0.5) is 16.2 Å². The Morgan fingerprint density at radius 3 is 2.69 bits per heavy atom. The molecule has 1 heterocycles. The number of fused-ring (bicyclic) bond motifs is 1. The average Bonchev–Trinajstić information content (AvgIpc) is 3.21. The minimum atomic E-state index is -0.513. The molecule has 1 aromatic carbocycles. The Morgan fingerprint density at radius 2 is 2.04 bits per heavy atom. The molecule has 1 saturated carbocycles. The predicted octanol–water partition coefficient (Wildman–Crippen LogP) is 2.87. The number of methoxy groups -OCH3 is 1. The van der Waals surface area contributed by atoms with Gasteiger partial charge in [-0.1, -0.05) is 0 Å². The van der Waals surface area contributed by atoms with Gasteiger partial charge in [-0.3, -0.25) is 0 Å². The Kier molecular flexibility index (Phi) is 4.73. The van der Waals surface area contributed by atoms with Crippen LogP contribution >= 0.6 is 0 Å². The van der Waals surface area contributed by atoms with Crippen LogP contribution in [0.1, 0.15) is 44.0 Å². The lowest BCUT2D eigenvalue weighted by Crippen LogP contribution is -2.44. The van der Waals surface area contributed by atoms with Crippen LogP contribution in [-0.4, -0.2) is 48.3 Å². The lowest BCUT2D eigenvalue weighted by atomic mass is 10.1. The van der Waals surface area contributed by atoms with Crippen molar-refractivity contribution < 1.29 is 19.1 Å². The summed E-state index contributed by atoms with van der Waals surface area (Å²) < 4.78 is 10.3. The highest BCUT2D eigenvalue weighted by atomic mass is 16.6.